The molecule has 0 saturated heterocycles. The fraction of sp³-hybridized carbons (Fsp3) is 0.632. The highest BCUT2D eigenvalue weighted by atomic mass is 16.5. The molecule has 1 fully saturated rings. The predicted octanol–water partition coefficient (Wildman–Crippen LogP) is 4.20. The Balaban J connectivity index is 2.27. The monoisotopic (exact) mass is 304 g/mol. The van der Waals surface area contributed by atoms with Crippen LogP contribution in [0.1, 0.15) is 50.8 Å². The Morgan fingerprint density at radius 3 is 2.50 bits per heavy atom. The standard InChI is InChI=1S/C19H28O3/c1-11-7-13(9-12(2)14-10-15(14)18(20)21)17(22-6)16(8-11)19(3,4)5/h7-8,12,14-15H,9-10H2,1-6H3,(H,20,21). The lowest BCUT2D eigenvalue weighted by Gasteiger charge is -2.25. The molecule has 0 aromatic heterocycles. The van der Waals surface area contributed by atoms with Crippen LogP contribution in [0.2, 0.25) is 0 Å². The van der Waals surface area contributed by atoms with Gasteiger partial charge in [-0.1, -0.05) is 45.4 Å². The Morgan fingerprint density at radius 1 is 1.41 bits per heavy atom. The van der Waals surface area contributed by atoms with Crippen LogP contribution in [-0.4, -0.2) is 18.2 Å². The molecule has 1 aliphatic carbocycles. The summed E-state index contributed by atoms with van der Waals surface area (Å²) in [5, 5.41) is 9.11. The molecule has 1 saturated carbocycles. The molecule has 3 unspecified atom stereocenters. The molecule has 0 aliphatic heterocycles. The molecule has 1 aliphatic rings. The molecule has 0 radical (unpaired) electrons. The van der Waals surface area contributed by atoms with E-state index in [-0.39, 0.29) is 11.3 Å². The van der Waals surface area contributed by atoms with Gasteiger partial charge in [0.1, 0.15) is 5.75 Å². The molecule has 122 valence electrons. The summed E-state index contributed by atoms with van der Waals surface area (Å²) in [6.07, 6.45) is 1.69. The van der Waals surface area contributed by atoms with E-state index in [0.717, 1.165) is 18.6 Å². The first-order valence-electron chi connectivity index (χ1n) is 8.06. The van der Waals surface area contributed by atoms with Gasteiger partial charge < -0.3 is 9.84 Å². The zero-order chi connectivity index (χ0) is 16.7. The molecular formula is C19H28O3. The van der Waals surface area contributed by atoms with Gasteiger partial charge in [0.15, 0.2) is 0 Å². The highest BCUT2D eigenvalue weighted by Crippen LogP contribution is 2.46. The fourth-order valence-electron chi connectivity index (χ4n) is 3.42. The normalized spacial score (nSPS) is 22.3. The number of carbonyl (C=O) groups is 1. The number of rotatable bonds is 5. The molecule has 1 N–H and O–H groups in total. The summed E-state index contributed by atoms with van der Waals surface area (Å²) < 4.78 is 5.72. The molecule has 0 spiro atoms. The molecule has 0 amide bonds. The summed E-state index contributed by atoms with van der Waals surface area (Å²) in [7, 11) is 1.73. The lowest BCUT2D eigenvalue weighted by Crippen LogP contribution is -2.16. The minimum Gasteiger partial charge on any atom is -0.496 e. The summed E-state index contributed by atoms with van der Waals surface area (Å²) in [6, 6.07) is 4.38. The SMILES string of the molecule is COc1c(CC(C)C2CC2C(=O)O)cc(C)cc1C(C)(C)C. The largest absolute Gasteiger partial charge is 0.496 e. The smallest absolute Gasteiger partial charge is 0.306 e. The first-order valence-corrected chi connectivity index (χ1v) is 8.06. The average molecular weight is 304 g/mol. The number of ether oxygens (including phenoxy) is 1. The van der Waals surface area contributed by atoms with Crippen LogP contribution < -0.4 is 4.74 Å². The third-order valence-electron chi connectivity index (χ3n) is 4.75. The molecule has 0 heterocycles. The molecular weight excluding hydrogens is 276 g/mol. The number of carboxylic acid groups (broad SMARTS) is 1. The second-order valence-corrected chi connectivity index (χ2v) is 7.78. The van der Waals surface area contributed by atoms with Crippen molar-refractivity contribution in [2.45, 2.75) is 52.9 Å². The highest BCUT2D eigenvalue weighted by Gasteiger charge is 2.46. The van der Waals surface area contributed by atoms with E-state index in [1.54, 1.807) is 7.11 Å². The van der Waals surface area contributed by atoms with Crippen molar-refractivity contribution in [3.8, 4) is 5.75 Å². The molecule has 1 aromatic carbocycles. The Bertz CT molecular complexity index is 569. The number of hydrogen-bond donors (Lipinski definition) is 1. The van der Waals surface area contributed by atoms with Gasteiger partial charge in [0.25, 0.3) is 0 Å². The minimum atomic E-state index is -0.650. The Morgan fingerprint density at radius 2 is 2.05 bits per heavy atom. The van der Waals surface area contributed by atoms with Crippen LogP contribution in [0.25, 0.3) is 0 Å². The molecule has 3 atom stereocenters. The zero-order valence-corrected chi connectivity index (χ0v) is 14.6. The second kappa shape index (κ2) is 5.94. The number of aryl methyl sites for hydroxylation is 1. The average Bonchev–Trinajstić information content (AvgIpc) is 3.17. The van der Waals surface area contributed by atoms with Gasteiger partial charge in [-0.25, -0.2) is 0 Å². The van der Waals surface area contributed by atoms with Crippen LogP contribution in [0.5, 0.6) is 5.75 Å². The third kappa shape index (κ3) is 3.45. The molecule has 1 aromatic rings. The van der Waals surface area contributed by atoms with Crippen LogP contribution >= 0.6 is 0 Å². The number of hydrogen-bond acceptors (Lipinski definition) is 2. The van der Waals surface area contributed by atoms with Crippen molar-refractivity contribution >= 4 is 5.97 Å². The van der Waals surface area contributed by atoms with Crippen molar-refractivity contribution in [1.29, 1.82) is 0 Å². The molecule has 3 heteroatoms. The maximum absolute atomic E-state index is 11.1. The van der Waals surface area contributed by atoms with Crippen molar-refractivity contribution in [1.82, 2.24) is 0 Å². The van der Waals surface area contributed by atoms with Crippen LogP contribution in [0.15, 0.2) is 12.1 Å². The van der Waals surface area contributed by atoms with Gasteiger partial charge >= 0.3 is 5.97 Å². The Kier molecular flexibility index (Phi) is 4.55. The van der Waals surface area contributed by atoms with Crippen LogP contribution in [0.3, 0.4) is 0 Å². The lowest BCUT2D eigenvalue weighted by atomic mass is 9.82. The first-order chi connectivity index (χ1) is 10.1. The van der Waals surface area contributed by atoms with E-state index in [0.29, 0.717) is 11.8 Å². The first kappa shape index (κ1) is 16.9. The topological polar surface area (TPSA) is 46.5 Å². The van der Waals surface area contributed by atoms with E-state index in [1.165, 1.54) is 16.7 Å². The Hall–Kier alpha value is -1.51. The van der Waals surface area contributed by atoms with Crippen molar-refractivity contribution < 1.29 is 14.6 Å². The van der Waals surface area contributed by atoms with Crippen LogP contribution in [0.4, 0.5) is 0 Å². The summed E-state index contributed by atoms with van der Waals surface area (Å²) in [5.41, 5.74) is 3.69. The van der Waals surface area contributed by atoms with E-state index in [1.807, 2.05) is 0 Å². The van der Waals surface area contributed by atoms with Gasteiger partial charge in [-0.05, 0) is 42.6 Å². The molecule has 2 rings (SSSR count). The van der Waals surface area contributed by atoms with Gasteiger partial charge in [0, 0.05) is 5.56 Å². The van der Waals surface area contributed by atoms with Gasteiger partial charge in [-0.3, -0.25) is 4.79 Å². The number of aliphatic carboxylic acids is 1. The fourth-order valence-corrected chi connectivity index (χ4v) is 3.42. The number of methoxy groups -OCH3 is 1. The third-order valence-corrected chi connectivity index (χ3v) is 4.75. The number of benzene rings is 1. The summed E-state index contributed by atoms with van der Waals surface area (Å²) in [4.78, 5) is 11.1. The summed E-state index contributed by atoms with van der Waals surface area (Å²) in [5.74, 6) is 0.847. The lowest BCUT2D eigenvalue weighted by molar-refractivity contribution is -0.139. The van der Waals surface area contributed by atoms with E-state index in [2.05, 4.69) is 46.8 Å². The van der Waals surface area contributed by atoms with Crippen LogP contribution in [-0.2, 0) is 16.6 Å². The van der Waals surface area contributed by atoms with Crippen LogP contribution in [0, 0.1) is 24.7 Å². The molecule has 3 nitrogen and oxygen atoms in total. The van der Waals surface area contributed by atoms with Crippen molar-refractivity contribution in [2.24, 2.45) is 17.8 Å². The van der Waals surface area contributed by atoms with Crippen molar-refractivity contribution in [2.75, 3.05) is 7.11 Å². The van der Waals surface area contributed by atoms with Crippen molar-refractivity contribution in [3.05, 3.63) is 28.8 Å². The van der Waals surface area contributed by atoms with Crippen molar-refractivity contribution in [3.63, 3.8) is 0 Å². The summed E-state index contributed by atoms with van der Waals surface area (Å²) >= 11 is 0. The minimum absolute atomic E-state index is 0.0263. The van der Waals surface area contributed by atoms with E-state index in [9.17, 15) is 4.79 Å². The maximum Gasteiger partial charge on any atom is 0.306 e. The predicted molar refractivity (Wildman–Crippen MR) is 88.5 cm³/mol. The van der Waals surface area contributed by atoms with Gasteiger partial charge in [0.05, 0.1) is 13.0 Å². The maximum atomic E-state index is 11.1. The Labute approximate surface area is 133 Å². The number of carboxylic acids is 1. The van der Waals surface area contributed by atoms with E-state index < -0.39 is 5.97 Å². The summed E-state index contributed by atoms with van der Waals surface area (Å²) in [6.45, 7) is 10.8. The highest BCUT2D eigenvalue weighted by molar-refractivity contribution is 5.73. The van der Waals surface area contributed by atoms with E-state index in [4.69, 9.17) is 9.84 Å². The molecule has 22 heavy (non-hydrogen) atoms. The van der Waals surface area contributed by atoms with Gasteiger partial charge in [0.2, 0.25) is 0 Å². The second-order valence-electron chi connectivity index (χ2n) is 7.78. The van der Waals surface area contributed by atoms with Gasteiger partial charge in [-0.2, -0.15) is 0 Å². The zero-order valence-electron chi connectivity index (χ0n) is 14.6. The van der Waals surface area contributed by atoms with Gasteiger partial charge in [-0.15, -0.1) is 0 Å². The quantitative estimate of drug-likeness (QED) is 0.886. The molecule has 0 bridgehead atoms. The van der Waals surface area contributed by atoms with E-state index >= 15 is 0 Å².